The standard InChI is InChI=1S/C20H26N6O4S/c1-14(27)26-3-2-18(13-26)31(28,29)19-9-15(16-11-22-20(24-21)23-12-16)8-17(10-19)25-4-6-30-7-5-25/h8-12,18H,2-7,13,21H2,1H3,(H,22,23,24). The van der Waals surface area contributed by atoms with Crippen LogP contribution in [-0.2, 0) is 19.4 Å². The molecule has 1 atom stereocenters. The minimum atomic E-state index is -3.63. The number of nitrogen functional groups attached to an aromatic ring is 1. The Labute approximate surface area is 181 Å². The molecule has 31 heavy (non-hydrogen) atoms. The maximum absolute atomic E-state index is 13.5. The number of ether oxygens (including phenoxy) is 1. The van der Waals surface area contributed by atoms with Crippen LogP contribution in [0.15, 0.2) is 35.5 Å². The van der Waals surface area contributed by atoms with Gasteiger partial charge in [0.15, 0.2) is 9.84 Å². The topological polar surface area (TPSA) is 131 Å². The van der Waals surface area contributed by atoms with Crippen molar-refractivity contribution >= 4 is 27.4 Å². The first kappa shape index (κ1) is 21.5. The van der Waals surface area contributed by atoms with Crippen LogP contribution in [0.3, 0.4) is 0 Å². The van der Waals surface area contributed by atoms with Gasteiger partial charge < -0.3 is 14.5 Å². The molecule has 0 radical (unpaired) electrons. The average Bonchev–Trinajstić information content (AvgIpc) is 3.31. The Bertz CT molecular complexity index is 1050. The summed E-state index contributed by atoms with van der Waals surface area (Å²) in [6, 6.07) is 5.32. The lowest BCUT2D eigenvalue weighted by Crippen LogP contribution is -2.36. The first-order chi connectivity index (χ1) is 14.9. The third-order valence-electron chi connectivity index (χ3n) is 5.74. The molecule has 166 valence electrons. The molecule has 1 unspecified atom stereocenters. The number of nitrogens with zero attached hydrogens (tertiary/aromatic N) is 4. The largest absolute Gasteiger partial charge is 0.378 e. The van der Waals surface area contributed by atoms with Crippen molar-refractivity contribution in [1.82, 2.24) is 14.9 Å². The number of hydrazine groups is 1. The van der Waals surface area contributed by atoms with Crippen molar-refractivity contribution in [2.24, 2.45) is 5.84 Å². The van der Waals surface area contributed by atoms with Gasteiger partial charge in [-0.1, -0.05) is 0 Å². The lowest BCUT2D eigenvalue weighted by atomic mass is 10.1. The summed E-state index contributed by atoms with van der Waals surface area (Å²) in [5, 5.41) is -0.621. The maximum atomic E-state index is 13.5. The van der Waals surface area contributed by atoms with E-state index in [1.54, 1.807) is 29.4 Å². The molecule has 0 bridgehead atoms. The SMILES string of the molecule is CC(=O)N1CCC(S(=O)(=O)c2cc(-c3cnc(NN)nc3)cc(N3CCOCC3)c2)C1. The number of likely N-dealkylation sites (tertiary alicyclic amines) is 1. The second-order valence-electron chi connectivity index (χ2n) is 7.68. The molecule has 1 aromatic heterocycles. The lowest BCUT2D eigenvalue weighted by Gasteiger charge is -2.29. The van der Waals surface area contributed by atoms with Crippen molar-refractivity contribution in [3.63, 3.8) is 0 Å². The van der Waals surface area contributed by atoms with Gasteiger partial charge >= 0.3 is 0 Å². The molecule has 1 amide bonds. The van der Waals surface area contributed by atoms with Gasteiger partial charge in [0.05, 0.1) is 23.4 Å². The van der Waals surface area contributed by atoms with Crippen molar-refractivity contribution in [2.75, 3.05) is 49.7 Å². The number of sulfone groups is 1. The molecule has 0 spiro atoms. The zero-order chi connectivity index (χ0) is 22.0. The van der Waals surface area contributed by atoms with Gasteiger partial charge in [-0.3, -0.25) is 10.2 Å². The van der Waals surface area contributed by atoms with Gasteiger partial charge in [-0.25, -0.2) is 24.2 Å². The number of hydrogen-bond acceptors (Lipinski definition) is 9. The first-order valence-corrected chi connectivity index (χ1v) is 11.7. The predicted molar refractivity (Wildman–Crippen MR) is 116 cm³/mol. The molecule has 4 rings (SSSR count). The molecule has 11 heteroatoms. The van der Waals surface area contributed by atoms with E-state index in [1.165, 1.54) is 6.92 Å². The molecule has 0 aliphatic carbocycles. The summed E-state index contributed by atoms with van der Waals surface area (Å²) in [4.78, 5) is 23.9. The zero-order valence-corrected chi connectivity index (χ0v) is 18.1. The minimum absolute atomic E-state index is 0.105. The van der Waals surface area contributed by atoms with Crippen molar-refractivity contribution in [3.05, 3.63) is 30.6 Å². The highest BCUT2D eigenvalue weighted by Crippen LogP contribution is 2.32. The van der Waals surface area contributed by atoms with E-state index in [9.17, 15) is 13.2 Å². The number of rotatable bonds is 5. The highest BCUT2D eigenvalue weighted by atomic mass is 32.2. The van der Waals surface area contributed by atoms with E-state index in [4.69, 9.17) is 10.6 Å². The Hall–Kier alpha value is -2.76. The van der Waals surface area contributed by atoms with E-state index < -0.39 is 15.1 Å². The number of anilines is 2. The second kappa shape index (κ2) is 8.77. The Kier molecular flexibility index (Phi) is 6.08. The lowest BCUT2D eigenvalue weighted by molar-refractivity contribution is -0.127. The Morgan fingerprint density at radius 2 is 1.84 bits per heavy atom. The predicted octanol–water partition coefficient (Wildman–Crippen LogP) is 0.660. The van der Waals surface area contributed by atoms with Crippen LogP contribution >= 0.6 is 0 Å². The van der Waals surface area contributed by atoms with Gasteiger partial charge in [-0.2, -0.15) is 0 Å². The Balaban J connectivity index is 1.74. The normalized spacial score (nSPS) is 19.5. The van der Waals surface area contributed by atoms with Gasteiger partial charge in [-0.15, -0.1) is 0 Å². The Morgan fingerprint density at radius 1 is 1.13 bits per heavy atom. The zero-order valence-electron chi connectivity index (χ0n) is 17.3. The van der Waals surface area contributed by atoms with Crippen LogP contribution in [0.25, 0.3) is 11.1 Å². The number of nitrogens with one attached hydrogen (secondary N) is 1. The first-order valence-electron chi connectivity index (χ1n) is 10.1. The summed E-state index contributed by atoms with van der Waals surface area (Å²) in [6.45, 7) is 4.66. The minimum Gasteiger partial charge on any atom is -0.378 e. The van der Waals surface area contributed by atoms with Crippen molar-refractivity contribution in [3.8, 4) is 11.1 Å². The van der Waals surface area contributed by atoms with Crippen molar-refractivity contribution in [1.29, 1.82) is 0 Å². The number of carbonyl (C=O) groups excluding carboxylic acids is 1. The molecular formula is C20H26N6O4S. The van der Waals surface area contributed by atoms with Crippen molar-refractivity contribution < 1.29 is 17.9 Å². The number of carbonyl (C=O) groups is 1. The molecule has 3 N–H and O–H groups in total. The number of amides is 1. The van der Waals surface area contributed by atoms with Gasteiger partial charge in [0.1, 0.15) is 0 Å². The maximum Gasteiger partial charge on any atom is 0.237 e. The quantitative estimate of drug-likeness (QED) is 0.502. The van der Waals surface area contributed by atoms with Crippen LogP contribution in [0.4, 0.5) is 11.6 Å². The van der Waals surface area contributed by atoms with Crippen LogP contribution in [0, 0.1) is 0 Å². The Morgan fingerprint density at radius 3 is 2.45 bits per heavy atom. The molecule has 2 fully saturated rings. The van der Waals surface area contributed by atoms with E-state index in [1.807, 2.05) is 6.07 Å². The highest BCUT2D eigenvalue weighted by Gasteiger charge is 2.35. The van der Waals surface area contributed by atoms with Crippen LogP contribution in [0.2, 0.25) is 0 Å². The van der Waals surface area contributed by atoms with Crippen LogP contribution < -0.4 is 16.2 Å². The number of nitrogens with two attached hydrogens (primary N) is 1. The van der Waals surface area contributed by atoms with Crippen LogP contribution in [0.1, 0.15) is 13.3 Å². The molecule has 1 aromatic carbocycles. The van der Waals surface area contributed by atoms with Gasteiger partial charge in [0.2, 0.25) is 11.9 Å². The van der Waals surface area contributed by atoms with E-state index in [2.05, 4.69) is 20.3 Å². The summed E-state index contributed by atoms with van der Waals surface area (Å²) in [5.74, 6) is 5.51. The summed E-state index contributed by atoms with van der Waals surface area (Å²) in [5.41, 5.74) is 4.57. The number of benzene rings is 1. The molecule has 2 aliphatic rings. The highest BCUT2D eigenvalue weighted by molar-refractivity contribution is 7.92. The summed E-state index contributed by atoms with van der Waals surface area (Å²) < 4.78 is 32.4. The van der Waals surface area contributed by atoms with Crippen LogP contribution in [0.5, 0.6) is 0 Å². The summed E-state index contributed by atoms with van der Waals surface area (Å²) in [6.07, 6.45) is 3.63. The molecule has 10 nitrogen and oxygen atoms in total. The molecule has 2 saturated heterocycles. The molecule has 2 aliphatic heterocycles. The third kappa shape index (κ3) is 4.48. The third-order valence-corrected chi connectivity index (χ3v) is 7.89. The van der Waals surface area contributed by atoms with E-state index in [0.717, 1.165) is 5.69 Å². The summed E-state index contributed by atoms with van der Waals surface area (Å²) in [7, 11) is -3.63. The fraction of sp³-hybridized carbons (Fsp3) is 0.450. The number of hydrogen-bond donors (Lipinski definition) is 2. The van der Waals surface area contributed by atoms with E-state index in [0.29, 0.717) is 50.4 Å². The fourth-order valence-electron chi connectivity index (χ4n) is 3.93. The van der Waals surface area contributed by atoms with Gasteiger partial charge in [0.25, 0.3) is 0 Å². The average molecular weight is 447 g/mol. The van der Waals surface area contributed by atoms with Gasteiger partial charge in [0, 0.05) is 56.7 Å². The number of morpholine rings is 1. The van der Waals surface area contributed by atoms with E-state index in [-0.39, 0.29) is 23.3 Å². The number of aromatic nitrogens is 2. The summed E-state index contributed by atoms with van der Waals surface area (Å²) >= 11 is 0. The molecule has 2 aromatic rings. The van der Waals surface area contributed by atoms with Crippen LogP contribution in [-0.4, -0.2) is 73.8 Å². The fourth-order valence-corrected chi connectivity index (χ4v) is 5.68. The monoisotopic (exact) mass is 446 g/mol. The smallest absolute Gasteiger partial charge is 0.237 e. The molecule has 0 saturated carbocycles. The second-order valence-corrected chi connectivity index (χ2v) is 9.90. The van der Waals surface area contributed by atoms with Crippen molar-refractivity contribution in [2.45, 2.75) is 23.5 Å². The molecule has 3 heterocycles. The van der Waals surface area contributed by atoms with E-state index >= 15 is 0 Å². The molecular weight excluding hydrogens is 420 g/mol. The van der Waals surface area contributed by atoms with Gasteiger partial charge in [-0.05, 0) is 30.2 Å².